The van der Waals surface area contributed by atoms with Gasteiger partial charge in [0.2, 0.25) is 5.13 Å². The van der Waals surface area contributed by atoms with Gasteiger partial charge in [-0.1, -0.05) is 32.1 Å². The lowest BCUT2D eigenvalue weighted by molar-refractivity contribution is 0.235. The third kappa shape index (κ3) is 3.76. The Balaban J connectivity index is 2.66. The van der Waals surface area contributed by atoms with Crippen LogP contribution in [0.25, 0.3) is 0 Å². The second kappa shape index (κ2) is 4.90. The Bertz CT molecular complexity index is 306. The standard InChI is InChI=1S/C10H19N3OS/c1-7-12-13-9(15-7)11-8(5-6-14)10(2,3)4/h8,14H,5-6H2,1-4H3,(H,11,13). The van der Waals surface area contributed by atoms with Gasteiger partial charge >= 0.3 is 0 Å². The molecule has 4 nitrogen and oxygen atoms in total. The summed E-state index contributed by atoms with van der Waals surface area (Å²) in [7, 11) is 0. The van der Waals surface area contributed by atoms with Crippen LogP contribution < -0.4 is 5.32 Å². The van der Waals surface area contributed by atoms with E-state index in [2.05, 4.69) is 36.3 Å². The van der Waals surface area contributed by atoms with Gasteiger partial charge in [0.05, 0.1) is 0 Å². The van der Waals surface area contributed by atoms with Crippen LogP contribution in [0.15, 0.2) is 0 Å². The Morgan fingerprint density at radius 2 is 2.07 bits per heavy atom. The molecular weight excluding hydrogens is 210 g/mol. The van der Waals surface area contributed by atoms with Crippen LogP contribution in [0.5, 0.6) is 0 Å². The highest BCUT2D eigenvalue weighted by molar-refractivity contribution is 7.15. The molecule has 2 N–H and O–H groups in total. The number of aryl methyl sites for hydroxylation is 1. The first kappa shape index (κ1) is 12.4. The number of hydrogen-bond acceptors (Lipinski definition) is 5. The minimum Gasteiger partial charge on any atom is -0.396 e. The number of anilines is 1. The van der Waals surface area contributed by atoms with E-state index in [4.69, 9.17) is 5.11 Å². The van der Waals surface area contributed by atoms with Gasteiger partial charge in [0.15, 0.2) is 0 Å². The molecule has 0 amide bonds. The first-order valence-corrected chi connectivity index (χ1v) is 5.92. The first-order chi connectivity index (χ1) is 6.93. The van der Waals surface area contributed by atoms with E-state index in [-0.39, 0.29) is 18.1 Å². The van der Waals surface area contributed by atoms with Gasteiger partial charge in [-0.05, 0) is 18.8 Å². The molecule has 0 bridgehead atoms. The highest BCUT2D eigenvalue weighted by atomic mass is 32.1. The van der Waals surface area contributed by atoms with Crippen molar-refractivity contribution in [3.8, 4) is 0 Å². The molecule has 0 fully saturated rings. The van der Waals surface area contributed by atoms with Crippen LogP contribution in [0, 0.1) is 12.3 Å². The van der Waals surface area contributed by atoms with E-state index in [1.54, 1.807) is 11.3 Å². The molecule has 0 saturated heterocycles. The van der Waals surface area contributed by atoms with Gasteiger partial charge in [-0.25, -0.2) is 0 Å². The zero-order chi connectivity index (χ0) is 11.5. The van der Waals surface area contributed by atoms with Crippen molar-refractivity contribution in [1.29, 1.82) is 0 Å². The van der Waals surface area contributed by atoms with Crippen molar-refractivity contribution in [2.24, 2.45) is 5.41 Å². The van der Waals surface area contributed by atoms with Gasteiger partial charge in [0, 0.05) is 12.6 Å². The average Bonchev–Trinajstić information content (AvgIpc) is 2.49. The summed E-state index contributed by atoms with van der Waals surface area (Å²) in [6, 6.07) is 0.217. The summed E-state index contributed by atoms with van der Waals surface area (Å²) in [5.74, 6) is 0. The molecule has 1 aromatic heterocycles. The number of aromatic nitrogens is 2. The molecule has 1 rings (SSSR count). The van der Waals surface area contributed by atoms with Crippen molar-refractivity contribution < 1.29 is 5.11 Å². The van der Waals surface area contributed by atoms with Gasteiger partial charge < -0.3 is 10.4 Å². The number of rotatable bonds is 4. The zero-order valence-electron chi connectivity index (χ0n) is 9.74. The minimum absolute atomic E-state index is 0.0995. The van der Waals surface area contributed by atoms with Crippen molar-refractivity contribution in [3.63, 3.8) is 0 Å². The third-order valence-corrected chi connectivity index (χ3v) is 3.06. The van der Waals surface area contributed by atoms with Gasteiger partial charge in [-0.3, -0.25) is 0 Å². The summed E-state index contributed by atoms with van der Waals surface area (Å²) in [4.78, 5) is 0. The van der Waals surface area contributed by atoms with Gasteiger partial charge in [0.1, 0.15) is 5.01 Å². The predicted octanol–water partition coefficient (Wildman–Crippen LogP) is 2.06. The predicted molar refractivity (Wildman–Crippen MR) is 63.2 cm³/mol. The summed E-state index contributed by atoms with van der Waals surface area (Å²) in [6.07, 6.45) is 0.724. The lowest BCUT2D eigenvalue weighted by Crippen LogP contribution is -2.34. The maximum Gasteiger partial charge on any atom is 0.205 e. The molecule has 1 aromatic rings. The number of nitrogens with zero attached hydrogens (tertiary/aromatic N) is 2. The number of aliphatic hydroxyl groups excluding tert-OH is 1. The van der Waals surface area contributed by atoms with Crippen molar-refractivity contribution in [1.82, 2.24) is 10.2 Å². The molecule has 0 radical (unpaired) electrons. The normalized spacial score (nSPS) is 13.9. The van der Waals surface area contributed by atoms with Crippen molar-refractivity contribution in [2.45, 2.75) is 40.2 Å². The van der Waals surface area contributed by atoms with Gasteiger partial charge in [0.25, 0.3) is 0 Å². The monoisotopic (exact) mass is 229 g/mol. The number of hydrogen-bond donors (Lipinski definition) is 2. The van der Waals surface area contributed by atoms with Crippen molar-refractivity contribution >= 4 is 16.5 Å². The van der Waals surface area contributed by atoms with E-state index in [0.717, 1.165) is 16.6 Å². The summed E-state index contributed by atoms with van der Waals surface area (Å²) in [6.45, 7) is 8.56. The molecule has 1 unspecified atom stereocenters. The van der Waals surface area contributed by atoms with Crippen LogP contribution >= 0.6 is 11.3 Å². The Morgan fingerprint density at radius 1 is 1.40 bits per heavy atom. The highest BCUT2D eigenvalue weighted by Gasteiger charge is 2.24. The molecule has 86 valence electrons. The van der Waals surface area contributed by atoms with Crippen molar-refractivity contribution in [3.05, 3.63) is 5.01 Å². The van der Waals surface area contributed by atoms with E-state index in [0.29, 0.717) is 0 Å². The van der Waals surface area contributed by atoms with E-state index < -0.39 is 0 Å². The molecule has 0 aliphatic heterocycles. The molecule has 1 heterocycles. The van der Waals surface area contributed by atoms with E-state index in [1.165, 1.54) is 0 Å². The zero-order valence-corrected chi connectivity index (χ0v) is 10.6. The quantitative estimate of drug-likeness (QED) is 0.829. The topological polar surface area (TPSA) is 58.0 Å². The van der Waals surface area contributed by atoms with Crippen LogP contribution in [0.2, 0.25) is 0 Å². The maximum atomic E-state index is 9.01. The van der Waals surface area contributed by atoms with Crippen molar-refractivity contribution in [2.75, 3.05) is 11.9 Å². The lowest BCUT2D eigenvalue weighted by Gasteiger charge is -2.30. The van der Waals surface area contributed by atoms with Crippen LogP contribution in [0.4, 0.5) is 5.13 Å². The molecule has 5 heteroatoms. The summed E-state index contributed by atoms with van der Waals surface area (Å²) in [5, 5.41) is 22.1. The number of nitrogens with one attached hydrogen (secondary N) is 1. The molecule has 0 aliphatic rings. The minimum atomic E-state index is 0.0995. The Morgan fingerprint density at radius 3 is 2.47 bits per heavy atom. The van der Waals surface area contributed by atoms with Gasteiger partial charge in [-0.15, -0.1) is 10.2 Å². The molecule has 0 aromatic carbocycles. The summed E-state index contributed by atoms with van der Waals surface area (Å²) in [5.41, 5.74) is 0.0995. The average molecular weight is 229 g/mol. The van der Waals surface area contributed by atoms with Crippen LogP contribution in [-0.2, 0) is 0 Å². The SMILES string of the molecule is Cc1nnc(NC(CCO)C(C)(C)C)s1. The molecule has 0 saturated carbocycles. The van der Waals surface area contributed by atoms with Crippen LogP contribution in [0.3, 0.4) is 0 Å². The van der Waals surface area contributed by atoms with E-state index in [9.17, 15) is 0 Å². The molecule has 15 heavy (non-hydrogen) atoms. The summed E-state index contributed by atoms with van der Waals surface area (Å²) >= 11 is 1.54. The molecule has 1 atom stereocenters. The first-order valence-electron chi connectivity index (χ1n) is 5.11. The van der Waals surface area contributed by atoms with Crippen LogP contribution in [0.1, 0.15) is 32.2 Å². The lowest BCUT2D eigenvalue weighted by atomic mass is 9.85. The Hall–Kier alpha value is -0.680. The smallest absolute Gasteiger partial charge is 0.205 e. The molecule has 0 spiro atoms. The molecular formula is C10H19N3OS. The maximum absolute atomic E-state index is 9.01. The fourth-order valence-corrected chi connectivity index (χ4v) is 2.00. The fraction of sp³-hybridized carbons (Fsp3) is 0.800. The summed E-state index contributed by atoms with van der Waals surface area (Å²) < 4.78 is 0. The third-order valence-electron chi connectivity index (χ3n) is 2.29. The Labute approximate surface area is 94.7 Å². The fourth-order valence-electron chi connectivity index (χ4n) is 1.35. The molecule has 0 aliphatic carbocycles. The van der Waals surface area contributed by atoms with E-state index >= 15 is 0 Å². The van der Waals surface area contributed by atoms with E-state index in [1.807, 2.05) is 6.92 Å². The highest BCUT2D eigenvalue weighted by Crippen LogP contribution is 2.26. The van der Waals surface area contributed by atoms with Gasteiger partial charge in [-0.2, -0.15) is 0 Å². The second-order valence-electron chi connectivity index (χ2n) is 4.70. The number of aliphatic hydroxyl groups is 1. The van der Waals surface area contributed by atoms with Crippen LogP contribution in [-0.4, -0.2) is 28.0 Å². The largest absolute Gasteiger partial charge is 0.396 e. The second-order valence-corrected chi connectivity index (χ2v) is 5.88. The Kier molecular flexibility index (Phi) is 4.04.